The molecule has 110 valence electrons. The Morgan fingerprint density at radius 3 is 1.85 bits per heavy atom. The predicted octanol–water partition coefficient (Wildman–Crippen LogP) is 0.681. The summed E-state index contributed by atoms with van der Waals surface area (Å²) in [5.41, 5.74) is 2.53. The molecule has 2 aliphatic heterocycles. The number of pyridine rings is 1. The van der Waals surface area contributed by atoms with Gasteiger partial charge in [0, 0.05) is 39.3 Å². The van der Waals surface area contributed by atoms with Crippen molar-refractivity contribution in [2.24, 2.45) is 0 Å². The van der Waals surface area contributed by atoms with E-state index in [1.54, 1.807) is 0 Å². The van der Waals surface area contributed by atoms with E-state index >= 15 is 0 Å². The van der Waals surface area contributed by atoms with Crippen molar-refractivity contribution in [1.82, 2.24) is 15.6 Å². The average Bonchev–Trinajstić information content (AvgIpc) is 2.92. The average molecular weight is 275 g/mol. The second-order valence-electron chi connectivity index (χ2n) is 5.58. The first-order valence-corrected chi connectivity index (χ1v) is 7.80. The molecular weight excluding hydrogens is 250 g/mol. The summed E-state index contributed by atoms with van der Waals surface area (Å²) in [6.07, 6.45) is 6.42. The van der Waals surface area contributed by atoms with Gasteiger partial charge in [0.05, 0.1) is 23.8 Å². The van der Waals surface area contributed by atoms with E-state index < -0.39 is 0 Å². The van der Waals surface area contributed by atoms with Gasteiger partial charge in [0.2, 0.25) is 0 Å². The van der Waals surface area contributed by atoms with Crippen LogP contribution in [0.15, 0.2) is 18.5 Å². The number of hydrogen-bond donors (Lipinski definition) is 2. The third kappa shape index (κ3) is 3.41. The summed E-state index contributed by atoms with van der Waals surface area (Å²) in [6.45, 7) is 8.79. The van der Waals surface area contributed by atoms with Crippen molar-refractivity contribution < 1.29 is 0 Å². The summed E-state index contributed by atoms with van der Waals surface area (Å²) >= 11 is 0. The molecule has 5 heteroatoms. The van der Waals surface area contributed by atoms with E-state index in [0.29, 0.717) is 0 Å². The number of rotatable bonds is 2. The maximum atomic E-state index is 4.47. The monoisotopic (exact) mass is 275 g/mol. The van der Waals surface area contributed by atoms with Gasteiger partial charge in [0.15, 0.2) is 0 Å². The van der Waals surface area contributed by atoms with Crippen LogP contribution in [0, 0.1) is 0 Å². The number of aromatic nitrogens is 1. The van der Waals surface area contributed by atoms with Crippen LogP contribution < -0.4 is 20.4 Å². The van der Waals surface area contributed by atoms with E-state index in [0.717, 1.165) is 52.4 Å². The van der Waals surface area contributed by atoms with Gasteiger partial charge in [-0.3, -0.25) is 4.98 Å². The lowest BCUT2D eigenvalue weighted by atomic mass is 10.2. The molecule has 0 amide bonds. The minimum atomic E-state index is 1.07. The highest BCUT2D eigenvalue weighted by atomic mass is 15.2. The van der Waals surface area contributed by atoms with Crippen LogP contribution in [0.1, 0.15) is 12.8 Å². The first-order chi connectivity index (χ1) is 9.93. The molecule has 0 saturated carbocycles. The molecule has 2 saturated heterocycles. The molecule has 1 aromatic rings. The zero-order valence-corrected chi connectivity index (χ0v) is 12.1. The first kappa shape index (κ1) is 13.6. The molecule has 0 unspecified atom stereocenters. The number of nitrogens with zero attached hydrogens (tertiary/aromatic N) is 3. The highest BCUT2D eigenvalue weighted by molar-refractivity contribution is 5.57. The van der Waals surface area contributed by atoms with Gasteiger partial charge in [-0.1, -0.05) is 0 Å². The van der Waals surface area contributed by atoms with Crippen LogP contribution in [-0.2, 0) is 0 Å². The highest BCUT2D eigenvalue weighted by Gasteiger charge is 2.13. The fourth-order valence-corrected chi connectivity index (χ4v) is 2.97. The first-order valence-electron chi connectivity index (χ1n) is 7.80. The third-order valence-corrected chi connectivity index (χ3v) is 4.12. The SMILES string of the molecule is c1ncc(N2CCCNCC2)cc1N1CCCNCC1. The lowest BCUT2D eigenvalue weighted by Gasteiger charge is -2.26. The smallest absolute Gasteiger partial charge is 0.0574 e. The van der Waals surface area contributed by atoms with Crippen molar-refractivity contribution in [2.75, 3.05) is 62.2 Å². The Morgan fingerprint density at radius 1 is 0.750 bits per heavy atom. The number of nitrogens with one attached hydrogen (secondary N) is 2. The Hall–Kier alpha value is -1.33. The zero-order valence-electron chi connectivity index (χ0n) is 12.1. The summed E-state index contributed by atoms with van der Waals surface area (Å²) < 4.78 is 0. The van der Waals surface area contributed by atoms with Crippen LogP contribution in [0.5, 0.6) is 0 Å². The number of hydrogen-bond acceptors (Lipinski definition) is 5. The summed E-state index contributed by atoms with van der Waals surface area (Å²) in [5, 5.41) is 6.90. The number of anilines is 2. The molecule has 2 N–H and O–H groups in total. The summed E-state index contributed by atoms with van der Waals surface area (Å²) in [6, 6.07) is 2.31. The molecule has 5 nitrogen and oxygen atoms in total. The molecule has 2 fully saturated rings. The van der Waals surface area contributed by atoms with Gasteiger partial charge in [0.25, 0.3) is 0 Å². The van der Waals surface area contributed by atoms with E-state index in [1.807, 2.05) is 12.4 Å². The van der Waals surface area contributed by atoms with Crippen molar-refractivity contribution in [1.29, 1.82) is 0 Å². The second-order valence-corrected chi connectivity index (χ2v) is 5.58. The quantitative estimate of drug-likeness (QED) is 0.831. The van der Waals surface area contributed by atoms with Gasteiger partial charge < -0.3 is 20.4 Å². The van der Waals surface area contributed by atoms with Gasteiger partial charge in [0.1, 0.15) is 0 Å². The fourth-order valence-electron chi connectivity index (χ4n) is 2.97. The van der Waals surface area contributed by atoms with E-state index in [4.69, 9.17) is 0 Å². The fraction of sp³-hybridized carbons (Fsp3) is 0.667. The highest BCUT2D eigenvalue weighted by Crippen LogP contribution is 2.22. The largest absolute Gasteiger partial charge is 0.369 e. The van der Waals surface area contributed by atoms with Crippen molar-refractivity contribution in [3.8, 4) is 0 Å². The maximum absolute atomic E-state index is 4.47. The van der Waals surface area contributed by atoms with Crippen molar-refractivity contribution in [3.05, 3.63) is 18.5 Å². The van der Waals surface area contributed by atoms with Gasteiger partial charge in [-0.05, 0) is 32.0 Å². The van der Waals surface area contributed by atoms with Gasteiger partial charge in [-0.2, -0.15) is 0 Å². The van der Waals surface area contributed by atoms with Crippen LogP contribution >= 0.6 is 0 Å². The molecule has 3 rings (SSSR count). The molecule has 2 aliphatic rings. The van der Waals surface area contributed by atoms with Crippen LogP contribution in [0.4, 0.5) is 11.4 Å². The van der Waals surface area contributed by atoms with Crippen molar-refractivity contribution in [3.63, 3.8) is 0 Å². The Balaban J connectivity index is 1.74. The van der Waals surface area contributed by atoms with Gasteiger partial charge in [-0.25, -0.2) is 0 Å². The van der Waals surface area contributed by atoms with E-state index in [1.165, 1.54) is 24.2 Å². The molecule has 0 radical (unpaired) electrons. The van der Waals surface area contributed by atoms with Crippen LogP contribution in [0.25, 0.3) is 0 Å². The Morgan fingerprint density at radius 2 is 1.30 bits per heavy atom. The molecule has 0 spiro atoms. The van der Waals surface area contributed by atoms with Crippen LogP contribution in [0.2, 0.25) is 0 Å². The molecule has 0 aliphatic carbocycles. The zero-order chi connectivity index (χ0) is 13.6. The summed E-state index contributed by atoms with van der Waals surface area (Å²) in [7, 11) is 0. The normalized spacial score (nSPS) is 21.4. The lowest BCUT2D eigenvalue weighted by molar-refractivity contribution is 0.724. The topological polar surface area (TPSA) is 43.4 Å². The van der Waals surface area contributed by atoms with E-state index in [-0.39, 0.29) is 0 Å². The molecule has 1 aromatic heterocycles. The molecule has 3 heterocycles. The van der Waals surface area contributed by atoms with Crippen molar-refractivity contribution in [2.45, 2.75) is 12.8 Å². The molecule has 0 bridgehead atoms. The molecule has 0 aromatic carbocycles. The van der Waals surface area contributed by atoms with Crippen LogP contribution in [0.3, 0.4) is 0 Å². The second kappa shape index (κ2) is 6.90. The Labute approximate surface area is 121 Å². The minimum absolute atomic E-state index is 1.07. The third-order valence-electron chi connectivity index (χ3n) is 4.12. The Kier molecular flexibility index (Phi) is 4.71. The molecule has 20 heavy (non-hydrogen) atoms. The minimum Gasteiger partial charge on any atom is -0.369 e. The van der Waals surface area contributed by atoms with E-state index in [9.17, 15) is 0 Å². The van der Waals surface area contributed by atoms with Crippen LogP contribution in [-0.4, -0.2) is 57.3 Å². The Bertz CT molecular complexity index is 371. The lowest BCUT2D eigenvalue weighted by Crippen LogP contribution is -2.30. The summed E-state index contributed by atoms with van der Waals surface area (Å²) in [5.74, 6) is 0. The van der Waals surface area contributed by atoms with E-state index in [2.05, 4.69) is 31.5 Å². The standard InChI is InChI=1S/C15H25N5/c1-3-16-5-9-19(7-1)14-11-15(13-18-12-14)20-8-2-4-17-6-10-20/h11-13,16-17H,1-10H2. The van der Waals surface area contributed by atoms with Gasteiger partial charge in [-0.15, -0.1) is 0 Å². The molecule has 0 atom stereocenters. The predicted molar refractivity (Wildman–Crippen MR) is 83.6 cm³/mol. The van der Waals surface area contributed by atoms with Gasteiger partial charge >= 0.3 is 0 Å². The molecular formula is C15H25N5. The maximum Gasteiger partial charge on any atom is 0.0574 e. The van der Waals surface area contributed by atoms with Crippen molar-refractivity contribution >= 4 is 11.4 Å². The summed E-state index contributed by atoms with van der Waals surface area (Å²) in [4.78, 5) is 9.37.